The molecule has 5 rings (SSSR count). The zero-order valence-corrected chi connectivity index (χ0v) is 15.3. The van der Waals surface area contributed by atoms with E-state index in [0.29, 0.717) is 6.42 Å². The Bertz CT molecular complexity index is 1170. The topological polar surface area (TPSA) is 38.3 Å². The Morgan fingerprint density at radius 1 is 0.786 bits per heavy atom. The molecule has 0 aromatic heterocycles. The molecule has 0 saturated carbocycles. The molecule has 0 radical (unpaired) electrons. The van der Waals surface area contributed by atoms with Crippen molar-refractivity contribution in [3.63, 3.8) is 0 Å². The third kappa shape index (κ3) is 3.01. The Morgan fingerprint density at radius 2 is 1.57 bits per heavy atom. The molecule has 0 unspecified atom stereocenters. The molecule has 4 aromatic rings. The first-order valence-corrected chi connectivity index (χ1v) is 9.42. The minimum Gasteiger partial charge on any atom is -0.457 e. The van der Waals surface area contributed by atoms with Crippen molar-refractivity contribution in [1.29, 1.82) is 0 Å². The standard InChI is InChI=1S/C25H19NO2/c27-24-16-23(22-14-13-17-7-4-5-12-21(17)25(22)26-24)18-8-6-11-20(15-18)28-19-9-2-1-3-10-19/h1-15,23H,16H2,(H,26,27)/t23-/m1/s1. The maximum Gasteiger partial charge on any atom is 0.225 e. The maximum atomic E-state index is 12.5. The third-order valence-electron chi connectivity index (χ3n) is 5.23. The molecular formula is C25H19NO2. The van der Waals surface area contributed by atoms with Crippen molar-refractivity contribution in [2.24, 2.45) is 0 Å². The summed E-state index contributed by atoms with van der Waals surface area (Å²) in [6.45, 7) is 0. The number of carbonyl (C=O) groups is 1. The van der Waals surface area contributed by atoms with Gasteiger partial charge >= 0.3 is 0 Å². The second kappa shape index (κ2) is 6.86. The van der Waals surface area contributed by atoms with Crippen LogP contribution in [-0.2, 0) is 4.79 Å². The fourth-order valence-corrected chi connectivity index (χ4v) is 3.92. The van der Waals surface area contributed by atoms with Crippen LogP contribution in [0.1, 0.15) is 23.5 Å². The van der Waals surface area contributed by atoms with Gasteiger partial charge in [-0.3, -0.25) is 4.79 Å². The van der Waals surface area contributed by atoms with Gasteiger partial charge in [-0.25, -0.2) is 0 Å². The second-order valence-electron chi connectivity index (χ2n) is 7.04. The van der Waals surface area contributed by atoms with E-state index in [1.165, 1.54) is 0 Å². The van der Waals surface area contributed by atoms with E-state index in [9.17, 15) is 4.79 Å². The highest BCUT2D eigenvalue weighted by Crippen LogP contribution is 2.41. The molecule has 0 saturated heterocycles. The molecule has 4 aromatic carbocycles. The van der Waals surface area contributed by atoms with Crippen LogP contribution < -0.4 is 10.1 Å². The molecule has 0 bridgehead atoms. The molecule has 0 fully saturated rings. The van der Waals surface area contributed by atoms with Crippen LogP contribution in [0.2, 0.25) is 0 Å². The molecule has 0 spiro atoms. The Hall–Kier alpha value is -3.59. The summed E-state index contributed by atoms with van der Waals surface area (Å²) in [5, 5.41) is 5.29. The predicted molar refractivity (Wildman–Crippen MR) is 112 cm³/mol. The van der Waals surface area contributed by atoms with Crippen LogP contribution in [0.25, 0.3) is 10.8 Å². The van der Waals surface area contributed by atoms with Gasteiger partial charge in [-0.15, -0.1) is 0 Å². The van der Waals surface area contributed by atoms with Crippen LogP contribution in [0.15, 0.2) is 91.0 Å². The number of ether oxygens (including phenoxy) is 1. The first-order chi connectivity index (χ1) is 13.8. The van der Waals surface area contributed by atoms with Crippen molar-refractivity contribution in [1.82, 2.24) is 0 Å². The van der Waals surface area contributed by atoms with Gasteiger partial charge in [-0.2, -0.15) is 0 Å². The SMILES string of the molecule is O=C1C[C@H](c2cccc(Oc3ccccc3)c2)c2ccc3ccccc3c2N1. The van der Waals surface area contributed by atoms with Gasteiger partial charge in [-0.05, 0) is 40.8 Å². The average Bonchev–Trinajstić information content (AvgIpc) is 2.74. The van der Waals surface area contributed by atoms with E-state index in [4.69, 9.17) is 4.74 Å². The summed E-state index contributed by atoms with van der Waals surface area (Å²) < 4.78 is 5.99. The number of para-hydroxylation sites is 1. The first kappa shape index (κ1) is 16.6. The fraction of sp³-hybridized carbons (Fsp3) is 0.0800. The van der Waals surface area contributed by atoms with Crippen molar-refractivity contribution < 1.29 is 9.53 Å². The summed E-state index contributed by atoms with van der Waals surface area (Å²) >= 11 is 0. The van der Waals surface area contributed by atoms with E-state index in [0.717, 1.165) is 39.1 Å². The normalized spacial score (nSPS) is 15.7. The minimum atomic E-state index is 0.00711. The monoisotopic (exact) mass is 365 g/mol. The zero-order chi connectivity index (χ0) is 18.9. The summed E-state index contributed by atoms with van der Waals surface area (Å²) in [5.74, 6) is 1.63. The Morgan fingerprint density at radius 3 is 2.46 bits per heavy atom. The number of carbonyl (C=O) groups excluding carboxylic acids is 1. The van der Waals surface area contributed by atoms with Crippen molar-refractivity contribution >= 4 is 22.4 Å². The maximum absolute atomic E-state index is 12.5. The highest BCUT2D eigenvalue weighted by atomic mass is 16.5. The van der Waals surface area contributed by atoms with Gasteiger partial charge in [0.15, 0.2) is 0 Å². The average molecular weight is 365 g/mol. The van der Waals surface area contributed by atoms with Crippen LogP contribution in [0.3, 0.4) is 0 Å². The number of amides is 1. The lowest BCUT2D eigenvalue weighted by Crippen LogP contribution is -2.23. The second-order valence-corrected chi connectivity index (χ2v) is 7.04. The predicted octanol–water partition coefficient (Wildman–Crippen LogP) is 6.11. The number of hydrogen-bond acceptors (Lipinski definition) is 2. The van der Waals surface area contributed by atoms with Crippen LogP contribution >= 0.6 is 0 Å². The molecule has 1 amide bonds. The van der Waals surface area contributed by atoms with E-state index in [2.05, 4.69) is 35.6 Å². The number of fused-ring (bicyclic) bond motifs is 3. The molecule has 0 aliphatic carbocycles. The van der Waals surface area contributed by atoms with Gasteiger partial charge in [0.1, 0.15) is 11.5 Å². The van der Waals surface area contributed by atoms with Gasteiger partial charge in [0.05, 0.1) is 5.69 Å². The van der Waals surface area contributed by atoms with Gasteiger partial charge in [-0.1, -0.05) is 66.7 Å². The molecule has 1 N–H and O–H groups in total. The van der Waals surface area contributed by atoms with Crippen molar-refractivity contribution in [2.75, 3.05) is 5.32 Å². The number of hydrogen-bond donors (Lipinski definition) is 1. The lowest BCUT2D eigenvalue weighted by atomic mass is 9.83. The summed E-state index contributed by atoms with van der Waals surface area (Å²) in [4.78, 5) is 12.5. The van der Waals surface area contributed by atoms with E-state index in [-0.39, 0.29) is 11.8 Å². The van der Waals surface area contributed by atoms with Gasteiger partial charge in [0, 0.05) is 17.7 Å². The van der Waals surface area contributed by atoms with Gasteiger partial charge in [0.2, 0.25) is 5.91 Å². The smallest absolute Gasteiger partial charge is 0.225 e. The van der Waals surface area contributed by atoms with E-state index in [1.54, 1.807) is 0 Å². The lowest BCUT2D eigenvalue weighted by molar-refractivity contribution is -0.116. The number of benzene rings is 4. The first-order valence-electron chi connectivity index (χ1n) is 9.42. The molecule has 136 valence electrons. The summed E-state index contributed by atoms with van der Waals surface area (Å²) in [6.07, 6.45) is 0.431. The van der Waals surface area contributed by atoms with E-state index >= 15 is 0 Å². The molecular weight excluding hydrogens is 346 g/mol. The molecule has 28 heavy (non-hydrogen) atoms. The summed E-state index contributed by atoms with van der Waals surface area (Å²) in [7, 11) is 0. The Kier molecular flexibility index (Phi) is 4.06. The van der Waals surface area contributed by atoms with Crippen molar-refractivity contribution in [2.45, 2.75) is 12.3 Å². The van der Waals surface area contributed by atoms with Crippen LogP contribution in [0.4, 0.5) is 5.69 Å². The van der Waals surface area contributed by atoms with Crippen molar-refractivity contribution in [3.05, 3.63) is 102 Å². The number of anilines is 1. The third-order valence-corrected chi connectivity index (χ3v) is 5.23. The van der Waals surface area contributed by atoms with Crippen LogP contribution in [-0.4, -0.2) is 5.91 Å². The lowest BCUT2D eigenvalue weighted by Gasteiger charge is -2.27. The van der Waals surface area contributed by atoms with Crippen LogP contribution in [0.5, 0.6) is 11.5 Å². The molecule has 1 heterocycles. The molecule has 1 atom stereocenters. The van der Waals surface area contributed by atoms with E-state index < -0.39 is 0 Å². The van der Waals surface area contributed by atoms with Gasteiger partial charge in [0.25, 0.3) is 0 Å². The van der Waals surface area contributed by atoms with Crippen molar-refractivity contribution in [3.8, 4) is 11.5 Å². The molecule has 1 aliphatic heterocycles. The quantitative estimate of drug-likeness (QED) is 0.476. The molecule has 3 heteroatoms. The highest BCUT2D eigenvalue weighted by molar-refractivity contribution is 6.06. The fourth-order valence-electron chi connectivity index (χ4n) is 3.92. The largest absolute Gasteiger partial charge is 0.457 e. The molecule has 3 nitrogen and oxygen atoms in total. The highest BCUT2D eigenvalue weighted by Gasteiger charge is 2.28. The Labute approximate surface area is 163 Å². The van der Waals surface area contributed by atoms with E-state index in [1.807, 2.05) is 60.7 Å². The number of rotatable bonds is 3. The van der Waals surface area contributed by atoms with Crippen LogP contribution in [0, 0.1) is 0 Å². The number of nitrogens with one attached hydrogen (secondary N) is 1. The minimum absolute atomic E-state index is 0.00711. The van der Waals surface area contributed by atoms with Gasteiger partial charge < -0.3 is 10.1 Å². The summed E-state index contributed by atoms with van der Waals surface area (Å²) in [6, 6.07) is 30.2. The Balaban J connectivity index is 1.56. The zero-order valence-electron chi connectivity index (χ0n) is 15.3. The molecule has 1 aliphatic rings. The summed E-state index contributed by atoms with van der Waals surface area (Å²) in [5.41, 5.74) is 3.16.